The van der Waals surface area contributed by atoms with Crippen molar-refractivity contribution in [2.24, 2.45) is 0 Å². The fourth-order valence-corrected chi connectivity index (χ4v) is 2.71. The van der Waals surface area contributed by atoms with Crippen molar-refractivity contribution in [2.75, 3.05) is 30.5 Å². The van der Waals surface area contributed by atoms with Gasteiger partial charge in [0.15, 0.2) is 0 Å². The molecule has 7 heteroatoms. The minimum atomic E-state index is -3.45. The lowest BCUT2D eigenvalue weighted by Crippen LogP contribution is -2.22. The van der Waals surface area contributed by atoms with Crippen molar-refractivity contribution in [1.82, 2.24) is 4.90 Å². The highest BCUT2D eigenvalue weighted by Gasteiger charge is 2.12. The minimum Gasteiger partial charge on any atom is -0.345 e. The number of carbonyl (C=O) groups excluding carboxylic acids is 1. The standard InChI is InChI=1S/C11H15ClN2O3S/c1-14(2)11(15)9-4-3-5-10(8-9)13-18(16,17)7-6-12/h3-5,8,13H,6-7H2,1-2H3. The highest BCUT2D eigenvalue weighted by Crippen LogP contribution is 2.13. The van der Waals surface area contributed by atoms with Gasteiger partial charge in [-0.3, -0.25) is 9.52 Å². The van der Waals surface area contributed by atoms with E-state index in [2.05, 4.69) is 4.72 Å². The van der Waals surface area contributed by atoms with Gasteiger partial charge in [0, 0.05) is 31.2 Å². The van der Waals surface area contributed by atoms with Gasteiger partial charge < -0.3 is 4.90 Å². The average molecular weight is 291 g/mol. The van der Waals surface area contributed by atoms with Crippen LogP contribution < -0.4 is 4.72 Å². The van der Waals surface area contributed by atoms with Gasteiger partial charge in [0.2, 0.25) is 10.0 Å². The summed E-state index contributed by atoms with van der Waals surface area (Å²) in [5.41, 5.74) is 0.777. The van der Waals surface area contributed by atoms with Crippen molar-refractivity contribution in [3.63, 3.8) is 0 Å². The van der Waals surface area contributed by atoms with Gasteiger partial charge in [0.25, 0.3) is 5.91 Å². The Morgan fingerprint density at radius 1 is 1.39 bits per heavy atom. The van der Waals surface area contributed by atoms with Crippen LogP contribution >= 0.6 is 11.6 Å². The van der Waals surface area contributed by atoms with Crippen molar-refractivity contribution in [3.8, 4) is 0 Å². The number of hydrogen-bond donors (Lipinski definition) is 1. The lowest BCUT2D eigenvalue weighted by molar-refractivity contribution is 0.0827. The summed E-state index contributed by atoms with van der Waals surface area (Å²) in [7, 11) is -0.191. The van der Waals surface area contributed by atoms with E-state index in [9.17, 15) is 13.2 Å². The molecular formula is C11H15ClN2O3S. The lowest BCUT2D eigenvalue weighted by Gasteiger charge is -2.12. The van der Waals surface area contributed by atoms with E-state index in [0.717, 1.165) is 0 Å². The van der Waals surface area contributed by atoms with Crippen LogP contribution in [0.25, 0.3) is 0 Å². The molecule has 1 aromatic rings. The molecule has 0 aliphatic carbocycles. The molecule has 1 aromatic carbocycles. The van der Waals surface area contributed by atoms with E-state index < -0.39 is 10.0 Å². The first-order valence-electron chi connectivity index (χ1n) is 5.24. The summed E-state index contributed by atoms with van der Waals surface area (Å²) < 4.78 is 25.4. The molecule has 1 rings (SSSR count). The molecule has 0 bridgehead atoms. The molecular weight excluding hydrogens is 276 g/mol. The van der Waals surface area contributed by atoms with Crippen molar-refractivity contribution >= 4 is 33.2 Å². The van der Waals surface area contributed by atoms with Gasteiger partial charge in [-0.25, -0.2) is 8.42 Å². The number of alkyl halides is 1. The van der Waals surface area contributed by atoms with Crippen molar-refractivity contribution in [2.45, 2.75) is 0 Å². The molecule has 1 amide bonds. The average Bonchev–Trinajstić information content (AvgIpc) is 2.27. The summed E-state index contributed by atoms with van der Waals surface area (Å²) in [6, 6.07) is 6.32. The first-order valence-corrected chi connectivity index (χ1v) is 7.42. The molecule has 5 nitrogen and oxygen atoms in total. The van der Waals surface area contributed by atoms with E-state index in [4.69, 9.17) is 11.6 Å². The van der Waals surface area contributed by atoms with Gasteiger partial charge >= 0.3 is 0 Å². The number of amides is 1. The van der Waals surface area contributed by atoms with Crippen LogP contribution in [-0.4, -0.2) is 45.0 Å². The maximum Gasteiger partial charge on any atom is 0.253 e. The van der Waals surface area contributed by atoms with E-state index in [1.165, 1.54) is 11.0 Å². The van der Waals surface area contributed by atoms with E-state index in [1.807, 2.05) is 0 Å². The number of nitrogens with one attached hydrogen (secondary N) is 1. The number of benzene rings is 1. The van der Waals surface area contributed by atoms with Crippen molar-refractivity contribution in [1.29, 1.82) is 0 Å². The maximum atomic E-state index is 11.7. The monoisotopic (exact) mass is 290 g/mol. The predicted molar refractivity (Wildman–Crippen MR) is 72.6 cm³/mol. The second-order valence-electron chi connectivity index (χ2n) is 3.89. The number of sulfonamides is 1. The zero-order valence-corrected chi connectivity index (χ0v) is 11.8. The smallest absolute Gasteiger partial charge is 0.253 e. The van der Waals surface area contributed by atoms with Crippen LogP contribution in [0.5, 0.6) is 0 Å². The maximum absolute atomic E-state index is 11.7. The number of halogens is 1. The third-order valence-electron chi connectivity index (χ3n) is 2.13. The molecule has 0 saturated carbocycles. The number of rotatable bonds is 5. The van der Waals surface area contributed by atoms with Crippen LogP contribution in [0.3, 0.4) is 0 Å². The minimum absolute atomic E-state index is 0.0195. The molecule has 0 aliphatic rings. The lowest BCUT2D eigenvalue weighted by atomic mass is 10.2. The molecule has 0 aliphatic heterocycles. The van der Waals surface area contributed by atoms with Crippen LogP contribution in [0.2, 0.25) is 0 Å². The van der Waals surface area contributed by atoms with Gasteiger partial charge in [-0.15, -0.1) is 11.6 Å². The van der Waals surface area contributed by atoms with E-state index >= 15 is 0 Å². The Morgan fingerprint density at radius 3 is 2.61 bits per heavy atom. The summed E-state index contributed by atoms with van der Waals surface area (Å²) in [6.07, 6.45) is 0. The largest absolute Gasteiger partial charge is 0.345 e. The van der Waals surface area contributed by atoms with E-state index in [-0.39, 0.29) is 17.5 Å². The summed E-state index contributed by atoms with van der Waals surface area (Å²) >= 11 is 5.40. The van der Waals surface area contributed by atoms with Crippen LogP contribution in [-0.2, 0) is 10.0 Å². The number of carbonyl (C=O) groups is 1. The van der Waals surface area contributed by atoms with Crippen molar-refractivity contribution < 1.29 is 13.2 Å². The molecule has 0 spiro atoms. The number of nitrogens with zero attached hydrogens (tertiary/aromatic N) is 1. The Labute approximate surface area is 112 Å². The topological polar surface area (TPSA) is 66.5 Å². The van der Waals surface area contributed by atoms with E-state index in [1.54, 1.807) is 32.3 Å². The Kier molecular flexibility index (Phi) is 4.98. The molecule has 0 heterocycles. The molecule has 0 radical (unpaired) electrons. The molecule has 100 valence electrons. The van der Waals surface area contributed by atoms with Gasteiger partial charge in [-0.2, -0.15) is 0 Å². The SMILES string of the molecule is CN(C)C(=O)c1cccc(NS(=O)(=O)CCCl)c1. The van der Waals surface area contributed by atoms with Crippen LogP contribution in [0, 0.1) is 0 Å². The summed E-state index contributed by atoms with van der Waals surface area (Å²) in [4.78, 5) is 13.1. The van der Waals surface area contributed by atoms with Crippen molar-refractivity contribution in [3.05, 3.63) is 29.8 Å². The molecule has 1 N–H and O–H groups in total. The summed E-state index contributed by atoms with van der Waals surface area (Å²) in [5.74, 6) is -0.333. The van der Waals surface area contributed by atoms with Crippen LogP contribution in [0.1, 0.15) is 10.4 Å². The fourth-order valence-electron chi connectivity index (χ4n) is 1.31. The number of anilines is 1. The summed E-state index contributed by atoms with van der Waals surface area (Å²) in [5, 5.41) is 0. The molecule has 0 aromatic heterocycles. The predicted octanol–water partition coefficient (Wildman–Crippen LogP) is 1.37. The first-order chi connectivity index (χ1) is 8.35. The number of hydrogen-bond acceptors (Lipinski definition) is 3. The Hall–Kier alpha value is -1.27. The quantitative estimate of drug-likeness (QED) is 0.833. The third kappa shape index (κ3) is 4.19. The normalized spacial score (nSPS) is 11.1. The van der Waals surface area contributed by atoms with E-state index in [0.29, 0.717) is 11.3 Å². The second-order valence-corrected chi connectivity index (χ2v) is 6.11. The zero-order chi connectivity index (χ0) is 13.8. The Balaban J connectivity index is 2.93. The van der Waals surface area contributed by atoms with Gasteiger partial charge in [-0.05, 0) is 18.2 Å². The highest BCUT2D eigenvalue weighted by molar-refractivity contribution is 7.92. The molecule has 0 atom stereocenters. The first kappa shape index (κ1) is 14.8. The third-order valence-corrected chi connectivity index (χ3v) is 3.84. The molecule has 0 fully saturated rings. The second kappa shape index (κ2) is 6.06. The molecule has 0 unspecified atom stereocenters. The fraction of sp³-hybridized carbons (Fsp3) is 0.364. The van der Waals surface area contributed by atoms with Gasteiger partial charge in [-0.1, -0.05) is 6.07 Å². The van der Waals surface area contributed by atoms with Gasteiger partial charge in [0.05, 0.1) is 5.75 Å². The Morgan fingerprint density at radius 2 is 2.06 bits per heavy atom. The highest BCUT2D eigenvalue weighted by atomic mass is 35.5. The summed E-state index contributed by atoms with van der Waals surface area (Å²) in [6.45, 7) is 0. The zero-order valence-electron chi connectivity index (χ0n) is 10.2. The Bertz CT molecular complexity index is 529. The van der Waals surface area contributed by atoms with Gasteiger partial charge in [0.1, 0.15) is 0 Å². The van der Waals surface area contributed by atoms with Crippen LogP contribution in [0.15, 0.2) is 24.3 Å². The molecule has 18 heavy (non-hydrogen) atoms. The van der Waals surface area contributed by atoms with Crippen LogP contribution in [0.4, 0.5) is 5.69 Å². The molecule has 0 saturated heterocycles.